The summed E-state index contributed by atoms with van der Waals surface area (Å²) in [4.78, 5) is 0. The highest BCUT2D eigenvalue weighted by Crippen LogP contribution is 2.28. The second kappa shape index (κ2) is 9.21. The molecule has 2 aromatic carbocycles. The normalized spacial score (nSPS) is 12.0. The average Bonchev–Trinajstić information content (AvgIpc) is 2.61. The van der Waals surface area contributed by atoms with E-state index in [1.54, 1.807) is 7.11 Å². The van der Waals surface area contributed by atoms with Crippen LogP contribution < -0.4 is 14.8 Å². The van der Waals surface area contributed by atoms with Gasteiger partial charge in [0.05, 0.1) is 13.7 Å². The first-order valence-corrected chi connectivity index (χ1v) is 8.30. The Morgan fingerprint density at radius 2 is 1.78 bits per heavy atom. The molecule has 2 aromatic rings. The summed E-state index contributed by atoms with van der Waals surface area (Å²) in [7, 11) is 1.69. The number of hydrogen-bond donors (Lipinski definition) is 1. The summed E-state index contributed by atoms with van der Waals surface area (Å²) >= 11 is 0. The third kappa shape index (κ3) is 5.61. The van der Waals surface area contributed by atoms with Gasteiger partial charge in [-0.1, -0.05) is 43.3 Å². The molecule has 0 saturated heterocycles. The van der Waals surface area contributed by atoms with Crippen LogP contribution in [0.4, 0.5) is 0 Å². The monoisotopic (exact) mass is 313 g/mol. The largest absolute Gasteiger partial charge is 0.493 e. The van der Waals surface area contributed by atoms with Gasteiger partial charge in [0.2, 0.25) is 0 Å². The van der Waals surface area contributed by atoms with E-state index in [0.29, 0.717) is 12.6 Å². The van der Waals surface area contributed by atoms with Crippen molar-refractivity contribution in [2.24, 2.45) is 0 Å². The predicted molar refractivity (Wildman–Crippen MR) is 95.2 cm³/mol. The molecule has 1 unspecified atom stereocenters. The molecule has 1 N–H and O–H groups in total. The van der Waals surface area contributed by atoms with E-state index in [4.69, 9.17) is 9.47 Å². The molecule has 124 valence electrons. The van der Waals surface area contributed by atoms with E-state index in [9.17, 15) is 0 Å². The molecule has 0 aromatic heterocycles. The van der Waals surface area contributed by atoms with Gasteiger partial charge in [-0.05, 0) is 36.6 Å². The van der Waals surface area contributed by atoms with Crippen molar-refractivity contribution in [3.8, 4) is 11.5 Å². The van der Waals surface area contributed by atoms with Gasteiger partial charge < -0.3 is 14.8 Å². The molecule has 0 aliphatic heterocycles. The maximum absolute atomic E-state index is 5.89. The average molecular weight is 313 g/mol. The maximum atomic E-state index is 5.89. The molecule has 3 heteroatoms. The molecular formula is C20H27NO2. The second-order valence-corrected chi connectivity index (χ2v) is 5.76. The molecule has 0 bridgehead atoms. The summed E-state index contributed by atoms with van der Waals surface area (Å²) in [5.41, 5.74) is 2.48. The van der Waals surface area contributed by atoms with Gasteiger partial charge >= 0.3 is 0 Å². The SMILES string of the molecule is CCC(C)NCc1ccc(OCCc2ccccc2)c(OC)c1. The van der Waals surface area contributed by atoms with Gasteiger partial charge in [0.1, 0.15) is 0 Å². The summed E-state index contributed by atoms with van der Waals surface area (Å²) in [5, 5.41) is 3.49. The van der Waals surface area contributed by atoms with Gasteiger partial charge in [0, 0.05) is 19.0 Å². The minimum Gasteiger partial charge on any atom is -0.493 e. The fourth-order valence-corrected chi connectivity index (χ4v) is 2.30. The minimum absolute atomic E-state index is 0.516. The molecule has 0 spiro atoms. The van der Waals surface area contributed by atoms with Gasteiger partial charge in [-0.25, -0.2) is 0 Å². The minimum atomic E-state index is 0.516. The van der Waals surface area contributed by atoms with Gasteiger partial charge in [0.15, 0.2) is 11.5 Å². The first-order chi connectivity index (χ1) is 11.2. The van der Waals surface area contributed by atoms with Crippen LogP contribution in [0, 0.1) is 0 Å². The lowest BCUT2D eigenvalue weighted by molar-refractivity contribution is 0.297. The van der Waals surface area contributed by atoms with Crippen molar-refractivity contribution in [3.63, 3.8) is 0 Å². The van der Waals surface area contributed by atoms with E-state index < -0.39 is 0 Å². The summed E-state index contributed by atoms with van der Waals surface area (Å²) in [6.07, 6.45) is 2.01. The van der Waals surface area contributed by atoms with Gasteiger partial charge in [0.25, 0.3) is 0 Å². The summed E-state index contributed by atoms with van der Waals surface area (Å²) < 4.78 is 11.4. The van der Waals surface area contributed by atoms with Crippen LogP contribution in [-0.4, -0.2) is 19.8 Å². The van der Waals surface area contributed by atoms with Crippen LogP contribution in [0.5, 0.6) is 11.5 Å². The molecule has 23 heavy (non-hydrogen) atoms. The van der Waals surface area contributed by atoms with Crippen LogP contribution in [0.1, 0.15) is 31.4 Å². The van der Waals surface area contributed by atoms with Crippen LogP contribution in [0.15, 0.2) is 48.5 Å². The molecule has 0 fully saturated rings. The number of rotatable bonds is 9. The Bertz CT molecular complexity index is 583. The van der Waals surface area contributed by atoms with Crippen LogP contribution in [0.2, 0.25) is 0 Å². The van der Waals surface area contributed by atoms with Crippen molar-refractivity contribution in [1.82, 2.24) is 5.32 Å². The van der Waals surface area contributed by atoms with Crippen molar-refractivity contribution in [1.29, 1.82) is 0 Å². The van der Waals surface area contributed by atoms with Crippen molar-refractivity contribution in [2.75, 3.05) is 13.7 Å². The topological polar surface area (TPSA) is 30.5 Å². The van der Waals surface area contributed by atoms with Crippen molar-refractivity contribution in [2.45, 2.75) is 39.3 Å². The highest BCUT2D eigenvalue weighted by molar-refractivity contribution is 5.43. The van der Waals surface area contributed by atoms with Crippen molar-refractivity contribution >= 4 is 0 Å². The van der Waals surface area contributed by atoms with Gasteiger partial charge in [-0.2, -0.15) is 0 Å². The van der Waals surface area contributed by atoms with E-state index >= 15 is 0 Å². The predicted octanol–water partition coefficient (Wildman–Crippen LogP) is 4.20. The second-order valence-electron chi connectivity index (χ2n) is 5.76. The Labute approximate surface area is 139 Å². The molecule has 2 rings (SSSR count). The smallest absolute Gasteiger partial charge is 0.161 e. The van der Waals surface area contributed by atoms with Crippen LogP contribution in [0.25, 0.3) is 0 Å². The standard InChI is InChI=1S/C20H27NO2/c1-4-16(2)21-15-18-10-11-19(20(14-18)22-3)23-13-12-17-8-6-5-7-9-17/h5-11,14,16,21H,4,12-13,15H2,1-3H3. The lowest BCUT2D eigenvalue weighted by atomic mass is 10.1. The van der Waals surface area contributed by atoms with Gasteiger partial charge in [-0.15, -0.1) is 0 Å². The zero-order chi connectivity index (χ0) is 16.5. The molecule has 0 radical (unpaired) electrons. The number of benzene rings is 2. The third-order valence-electron chi connectivity index (χ3n) is 3.99. The molecule has 3 nitrogen and oxygen atoms in total. The fourth-order valence-electron chi connectivity index (χ4n) is 2.30. The molecular weight excluding hydrogens is 286 g/mol. The fraction of sp³-hybridized carbons (Fsp3) is 0.400. The Hall–Kier alpha value is -2.00. The summed E-state index contributed by atoms with van der Waals surface area (Å²) in [6.45, 7) is 5.86. The highest BCUT2D eigenvalue weighted by Gasteiger charge is 2.07. The third-order valence-corrected chi connectivity index (χ3v) is 3.99. The Kier molecular flexibility index (Phi) is 6.95. The van der Waals surface area contributed by atoms with E-state index in [1.165, 1.54) is 11.1 Å². The number of ether oxygens (including phenoxy) is 2. The number of methoxy groups -OCH3 is 1. The summed E-state index contributed by atoms with van der Waals surface area (Å²) in [6, 6.07) is 17.0. The van der Waals surface area contributed by atoms with E-state index in [-0.39, 0.29) is 0 Å². The number of nitrogens with one attached hydrogen (secondary N) is 1. The Balaban J connectivity index is 1.91. The maximum Gasteiger partial charge on any atom is 0.161 e. The number of hydrogen-bond acceptors (Lipinski definition) is 3. The molecule has 0 aliphatic carbocycles. The van der Waals surface area contributed by atoms with Crippen LogP contribution in [0.3, 0.4) is 0 Å². The Morgan fingerprint density at radius 1 is 1.00 bits per heavy atom. The lowest BCUT2D eigenvalue weighted by Gasteiger charge is -2.14. The molecule has 0 heterocycles. The first kappa shape index (κ1) is 17.4. The van der Waals surface area contributed by atoms with E-state index in [0.717, 1.165) is 30.9 Å². The molecule has 0 saturated carbocycles. The van der Waals surface area contributed by atoms with E-state index in [2.05, 4.69) is 49.5 Å². The molecule has 0 aliphatic rings. The summed E-state index contributed by atoms with van der Waals surface area (Å²) in [5.74, 6) is 1.59. The quantitative estimate of drug-likeness (QED) is 0.752. The Morgan fingerprint density at radius 3 is 2.48 bits per heavy atom. The molecule has 0 amide bonds. The lowest BCUT2D eigenvalue weighted by Crippen LogP contribution is -2.24. The van der Waals surface area contributed by atoms with Gasteiger partial charge in [-0.3, -0.25) is 0 Å². The zero-order valence-electron chi connectivity index (χ0n) is 14.3. The van der Waals surface area contributed by atoms with Crippen molar-refractivity contribution < 1.29 is 9.47 Å². The van der Waals surface area contributed by atoms with Crippen LogP contribution >= 0.6 is 0 Å². The molecule has 1 atom stereocenters. The van der Waals surface area contributed by atoms with Crippen molar-refractivity contribution in [3.05, 3.63) is 59.7 Å². The first-order valence-electron chi connectivity index (χ1n) is 8.30. The van der Waals surface area contributed by atoms with E-state index in [1.807, 2.05) is 18.2 Å². The zero-order valence-corrected chi connectivity index (χ0v) is 14.3. The van der Waals surface area contributed by atoms with Crippen LogP contribution in [-0.2, 0) is 13.0 Å². The highest BCUT2D eigenvalue weighted by atomic mass is 16.5.